The normalized spacial score (nSPS) is 13.9. The molecular weight excluding hydrogens is 223 g/mol. The van der Waals surface area contributed by atoms with Crippen molar-refractivity contribution >= 4 is 7.60 Å². The van der Waals surface area contributed by atoms with Crippen LogP contribution in [0, 0.1) is 0 Å². The Morgan fingerprint density at radius 3 is 2.12 bits per heavy atom. The van der Waals surface area contributed by atoms with Gasteiger partial charge in [-0.1, -0.05) is 62.3 Å². The van der Waals surface area contributed by atoms with Gasteiger partial charge in [0.25, 0.3) is 0 Å². The lowest BCUT2D eigenvalue weighted by molar-refractivity contribution is 0.386. The largest absolute Gasteiger partial charge is 0.349 e. The van der Waals surface area contributed by atoms with E-state index in [9.17, 15) is 4.57 Å². The third-order valence-corrected chi connectivity index (χ3v) is 2.26. The molecule has 0 spiro atoms. The molecule has 0 heterocycles. The minimum Gasteiger partial charge on any atom is -0.321 e. The molecule has 0 aromatic carbocycles. The molecular formula is C12H19O3P. The van der Waals surface area contributed by atoms with Crippen LogP contribution in [0.15, 0.2) is 48.3 Å². The van der Waals surface area contributed by atoms with Crippen molar-refractivity contribution in [1.29, 1.82) is 0 Å². The summed E-state index contributed by atoms with van der Waals surface area (Å²) in [5, 5.41) is 0. The number of hydrogen-bond acceptors (Lipinski definition) is 1. The molecule has 0 saturated heterocycles. The van der Waals surface area contributed by atoms with Crippen LogP contribution in [0.5, 0.6) is 0 Å². The van der Waals surface area contributed by atoms with Crippen molar-refractivity contribution in [1.82, 2.24) is 0 Å². The van der Waals surface area contributed by atoms with E-state index in [-0.39, 0.29) is 0 Å². The second-order valence-corrected chi connectivity index (χ2v) is 4.75. The maximum atomic E-state index is 10.4. The summed E-state index contributed by atoms with van der Waals surface area (Å²) in [4.78, 5) is 17.0. The molecule has 0 fully saturated rings. The third-order valence-electron chi connectivity index (χ3n) is 1.70. The third kappa shape index (κ3) is 13.1. The van der Waals surface area contributed by atoms with Gasteiger partial charge in [0.1, 0.15) is 0 Å². The van der Waals surface area contributed by atoms with Crippen LogP contribution in [-0.4, -0.2) is 9.79 Å². The van der Waals surface area contributed by atoms with E-state index in [4.69, 9.17) is 9.79 Å². The minimum atomic E-state index is -4.01. The first-order valence-electron chi connectivity index (χ1n) is 5.29. The van der Waals surface area contributed by atoms with E-state index in [0.29, 0.717) is 0 Å². The fourth-order valence-electron chi connectivity index (χ4n) is 0.915. The molecule has 0 unspecified atom stereocenters. The van der Waals surface area contributed by atoms with Crippen molar-refractivity contribution in [2.75, 3.05) is 0 Å². The Morgan fingerprint density at radius 1 is 1.00 bits per heavy atom. The quantitative estimate of drug-likeness (QED) is 0.408. The molecule has 0 aliphatic carbocycles. The van der Waals surface area contributed by atoms with Crippen molar-refractivity contribution < 1.29 is 14.4 Å². The Bertz CT molecular complexity index is 321. The first-order chi connectivity index (χ1) is 7.56. The van der Waals surface area contributed by atoms with Gasteiger partial charge in [0.05, 0.1) is 0 Å². The Hall–Kier alpha value is -0.890. The number of hydrogen-bond donors (Lipinski definition) is 2. The zero-order chi connectivity index (χ0) is 12.3. The maximum absolute atomic E-state index is 10.4. The summed E-state index contributed by atoms with van der Waals surface area (Å²) in [6, 6.07) is 0. The summed E-state index contributed by atoms with van der Waals surface area (Å²) in [6.07, 6.45) is 15.9. The molecule has 0 saturated carbocycles. The lowest BCUT2D eigenvalue weighted by Crippen LogP contribution is -1.66. The van der Waals surface area contributed by atoms with Crippen LogP contribution in [0.1, 0.15) is 26.2 Å². The first kappa shape index (κ1) is 15.1. The molecule has 3 nitrogen and oxygen atoms in total. The van der Waals surface area contributed by atoms with Crippen molar-refractivity contribution in [3.63, 3.8) is 0 Å². The van der Waals surface area contributed by atoms with Gasteiger partial charge < -0.3 is 9.79 Å². The Labute approximate surface area is 97.0 Å². The van der Waals surface area contributed by atoms with Crippen molar-refractivity contribution in [2.24, 2.45) is 0 Å². The van der Waals surface area contributed by atoms with Crippen LogP contribution in [0.25, 0.3) is 0 Å². The van der Waals surface area contributed by atoms with Crippen LogP contribution in [0.3, 0.4) is 0 Å². The highest BCUT2D eigenvalue weighted by Crippen LogP contribution is 2.35. The summed E-state index contributed by atoms with van der Waals surface area (Å²) in [6.45, 7) is 2.15. The first-order valence-corrected chi connectivity index (χ1v) is 6.97. The molecule has 0 atom stereocenters. The Morgan fingerprint density at radius 2 is 1.56 bits per heavy atom. The Balaban J connectivity index is 3.75. The molecule has 16 heavy (non-hydrogen) atoms. The van der Waals surface area contributed by atoms with Crippen molar-refractivity contribution in [2.45, 2.75) is 26.2 Å². The highest BCUT2D eigenvalue weighted by Gasteiger charge is 2.03. The highest BCUT2D eigenvalue weighted by molar-refractivity contribution is 7.55. The van der Waals surface area contributed by atoms with Gasteiger partial charge in [-0.3, -0.25) is 4.57 Å². The van der Waals surface area contributed by atoms with Gasteiger partial charge in [-0.05, 0) is 6.42 Å². The number of rotatable bonds is 7. The molecule has 90 valence electrons. The molecule has 0 amide bonds. The lowest BCUT2D eigenvalue weighted by atomic mass is 10.2. The van der Waals surface area contributed by atoms with Gasteiger partial charge in [-0.15, -0.1) is 0 Å². The Kier molecular flexibility index (Phi) is 8.82. The lowest BCUT2D eigenvalue weighted by Gasteiger charge is -1.90. The van der Waals surface area contributed by atoms with E-state index < -0.39 is 7.60 Å². The van der Waals surface area contributed by atoms with Crippen LogP contribution >= 0.6 is 7.60 Å². The summed E-state index contributed by atoms with van der Waals surface area (Å²) >= 11 is 0. The average molecular weight is 242 g/mol. The fraction of sp³-hybridized carbons (Fsp3) is 0.333. The van der Waals surface area contributed by atoms with Gasteiger partial charge in [-0.2, -0.15) is 0 Å². The van der Waals surface area contributed by atoms with E-state index in [1.54, 1.807) is 12.2 Å². The average Bonchev–Trinajstić information content (AvgIpc) is 2.19. The van der Waals surface area contributed by atoms with Crippen molar-refractivity contribution in [3.05, 3.63) is 48.3 Å². The summed E-state index contributed by atoms with van der Waals surface area (Å²) in [5.74, 6) is 0.869. The highest BCUT2D eigenvalue weighted by atomic mass is 31.2. The molecule has 0 radical (unpaired) electrons. The van der Waals surface area contributed by atoms with Gasteiger partial charge in [-0.25, -0.2) is 0 Å². The minimum absolute atomic E-state index is 0.869. The van der Waals surface area contributed by atoms with E-state index in [2.05, 4.69) is 13.0 Å². The summed E-state index contributed by atoms with van der Waals surface area (Å²) in [5.41, 5.74) is 0. The van der Waals surface area contributed by atoms with Crippen LogP contribution in [0.4, 0.5) is 0 Å². The van der Waals surface area contributed by atoms with Crippen LogP contribution < -0.4 is 0 Å². The van der Waals surface area contributed by atoms with E-state index in [1.807, 2.05) is 18.2 Å². The van der Waals surface area contributed by atoms with E-state index in [0.717, 1.165) is 12.2 Å². The standard InChI is InChI=1S/C12H19O3P/c1-2-3-4-5-6-7-8-9-10-11-12-16(13,14)15/h5-12H,2-4H2,1H3,(H2,13,14,15)/b6-5+,8-7+,10-9+,12-11+. The molecule has 0 aliphatic rings. The molecule has 0 rings (SSSR count). The van der Waals surface area contributed by atoms with Crippen molar-refractivity contribution in [3.8, 4) is 0 Å². The van der Waals surface area contributed by atoms with Gasteiger partial charge in [0, 0.05) is 5.82 Å². The predicted octanol–water partition coefficient (Wildman–Crippen LogP) is 3.54. The summed E-state index contributed by atoms with van der Waals surface area (Å²) in [7, 11) is -4.01. The van der Waals surface area contributed by atoms with Gasteiger partial charge in [0.2, 0.25) is 0 Å². The SMILES string of the molecule is CCCC/C=C/C=C/C=C/C=C/P(=O)(O)O. The molecule has 0 aliphatic heterocycles. The molecule has 0 bridgehead atoms. The molecule has 2 N–H and O–H groups in total. The zero-order valence-corrected chi connectivity index (χ0v) is 10.4. The molecule has 0 aromatic rings. The second-order valence-electron chi connectivity index (χ2n) is 3.27. The van der Waals surface area contributed by atoms with Crippen LogP contribution in [0.2, 0.25) is 0 Å². The molecule has 0 aromatic heterocycles. The van der Waals surface area contributed by atoms with E-state index >= 15 is 0 Å². The fourth-order valence-corrected chi connectivity index (χ4v) is 1.24. The monoisotopic (exact) mass is 242 g/mol. The second kappa shape index (κ2) is 9.34. The topological polar surface area (TPSA) is 57.5 Å². The smallest absolute Gasteiger partial charge is 0.321 e. The maximum Gasteiger partial charge on any atom is 0.349 e. The van der Waals surface area contributed by atoms with Crippen LogP contribution in [-0.2, 0) is 4.57 Å². The zero-order valence-electron chi connectivity index (χ0n) is 9.49. The van der Waals surface area contributed by atoms with Gasteiger partial charge >= 0.3 is 7.60 Å². The van der Waals surface area contributed by atoms with E-state index in [1.165, 1.54) is 18.9 Å². The predicted molar refractivity (Wildman–Crippen MR) is 68.1 cm³/mol. The number of allylic oxidation sites excluding steroid dienone is 7. The number of unbranched alkanes of at least 4 members (excludes halogenated alkanes) is 2. The molecule has 4 heteroatoms. The summed E-state index contributed by atoms with van der Waals surface area (Å²) < 4.78 is 10.4. The van der Waals surface area contributed by atoms with Gasteiger partial charge in [0.15, 0.2) is 0 Å².